The smallest absolute Gasteiger partial charge is 0.257 e. The number of hydrogen-bond donors (Lipinski definition) is 2. The fourth-order valence-corrected chi connectivity index (χ4v) is 2.27. The van der Waals surface area contributed by atoms with Crippen LogP contribution >= 0.6 is 0 Å². The molecule has 0 saturated carbocycles. The molecule has 4 nitrogen and oxygen atoms in total. The van der Waals surface area contributed by atoms with E-state index in [1.807, 2.05) is 31.2 Å². The molecular formula is C17H20N2O2. The number of hydrogen-bond acceptors (Lipinski definition) is 3. The van der Waals surface area contributed by atoms with Crippen LogP contribution in [0.2, 0.25) is 0 Å². The molecule has 2 aromatic carbocycles. The first kappa shape index (κ1) is 15.1. The Morgan fingerprint density at radius 3 is 2.33 bits per heavy atom. The lowest BCUT2D eigenvalue weighted by Gasteiger charge is -2.22. The van der Waals surface area contributed by atoms with E-state index in [1.165, 1.54) is 6.07 Å². The lowest BCUT2D eigenvalue weighted by atomic mass is 10.1. The molecule has 0 spiro atoms. The topological polar surface area (TPSA) is 66.6 Å². The molecule has 0 radical (unpaired) electrons. The van der Waals surface area contributed by atoms with Gasteiger partial charge in [0.25, 0.3) is 5.91 Å². The van der Waals surface area contributed by atoms with Crippen molar-refractivity contribution < 1.29 is 9.90 Å². The average molecular weight is 284 g/mol. The van der Waals surface area contributed by atoms with Gasteiger partial charge in [0.1, 0.15) is 5.75 Å². The summed E-state index contributed by atoms with van der Waals surface area (Å²) in [7, 11) is 0. The first-order valence-corrected chi connectivity index (χ1v) is 7.01. The number of para-hydroxylation sites is 1. The van der Waals surface area contributed by atoms with Gasteiger partial charge < -0.3 is 15.7 Å². The molecule has 0 unspecified atom stereocenters. The average Bonchev–Trinajstić information content (AvgIpc) is 2.52. The maximum Gasteiger partial charge on any atom is 0.257 e. The summed E-state index contributed by atoms with van der Waals surface area (Å²) in [6.07, 6.45) is 0. The van der Waals surface area contributed by atoms with Crippen molar-refractivity contribution in [2.75, 3.05) is 6.54 Å². The van der Waals surface area contributed by atoms with Gasteiger partial charge in [-0.3, -0.25) is 4.79 Å². The number of nitrogens with two attached hydrogens (primary N) is 1. The highest BCUT2D eigenvalue weighted by Gasteiger charge is 2.18. The zero-order valence-corrected chi connectivity index (χ0v) is 12.1. The molecule has 0 aliphatic heterocycles. The second-order valence-corrected chi connectivity index (χ2v) is 4.81. The zero-order chi connectivity index (χ0) is 15.2. The van der Waals surface area contributed by atoms with Gasteiger partial charge in [0.05, 0.1) is 5.56 Å². The molecule has 0 aliphatic rings. The Hall–Kier alpha value is -2.33. The van der Waals surface area contributed by atoms with Crippen molar-refractivity contribution in [1.29, 1.82) is 0 Å². The first-order chi connectivity index (χ1) is 10.2. The van der Waals surface area contributed by atoms with Crippen molar-refractivity contribution in [3.63, 3.8) is 0 Å². The van der Waals surface area contributed by atoms with Crippen molar-refractivity contribution in [2.45, 2.75) is 20.0 Å². The minimum atomic E-state index is -0.178. The van der Waals surface area contributed by atoms with Crippen molar-refractivity contribution in [2.24, 2.45) is 5.73 Å². The molecular weight excluding hydrogens is 264 g/mol. The van der Waals surface area contributed by atoms with Crippen LogP contribution in [0, 0.1) is 0 Å². The van der Waals surface area contributed by atoms with Crippen LogP contribution in [0.15, 0.2) is 48.5 Å². The van der Waals surface area contributed by atoms with Gasteiger partial charge in [-0.2, -0.15) is 0 Å². The Bertz CT molecular complexity index is 626. The summed E-state index contributed by atoms with van der Waals surface area (Å²) in [6.45, 7) is 3.41. The Morgan fingerprint density at radius 1 is 1.10 bits per heavy atom. The van der Waals surface area contributed by atoms with Gasteiger partial charge in [0.15, 0.2) is 0 Å². The molecule has 0 bridgehead atoms. The predicted molar refractivity (Wildman–Crippen MR) is 82.9 cm³/mol. The van der Waals surface area contributed by atoms with Crippen molar-refractivity contribution in [3.8, 4) is 5.75 Å². The lowest BCUT2D eigenvalue weighted by molar-refractivity contribution is 0.0749. The minimum absolute atomic E-state index is 0.00746. The quantitative estimate of drug-likeness (QED) is 0.886. The van der Waals surface area contributed by atoms with E-state index >= 15 is 0 Å². The van der Waals surface area contributed by atoms with Crippen LogP contribution in [0.4, 0.5) is 0 Å². The summed E-state index contributed by atoms with van der Waals surface area (Å²) in [4.78, 5) is 14.2. The third-order valence-corrected chi connectivity index (χ3v) is 3.50. The van der Waals surface area contributed by atoms with Crippen molar-refractivity contribution >= 4 is 5.91 Å². The molecule has 0 aromatic heterocycles. The Balaban J connectivity index is 2.24. The first-order valence-electron chi connectivity index (χ1n) is 7.01. The van der Waals surface area contributed by atoms with Gasteiger partial charge in [-0.15, -0.1) is 0 Å². The largest absolute Gasteiger partial charge is 0.507 e. The second-order valence-electron chi connectivity index (χ2n) is 4.81. The van der Waals surface area contributed by atoms with E-state index in [-0.39, 0.29) is 11.7 Å². The number of carbonyl (C=O) groups excluding carboxylic acids is 1. The third kappa shape index (κ3) is 3.41. The SMILES string of the molecule is CCN(Cc1ccccc1CN)C(=O)c1ccccc1O. The Labute approximate surface area is 124 Å². The van der Waals surface area contributed by atoms with E-state index in [4.69, 9.17) is 5.73 Å². The Morgan fingerprint density at radius 2 is 1.71 bits per heavy atom. The minimum Gasteiger partial charge on any atom is -0.507 e. The van der Waals surface area contributed by atoms with Crippen LogP contribution in [0.5, 0.6) is 5.75 Å². The Kier molecular flexibility index (Phi) is 4.95. The summed E-state index contributed by atoms with van der Waals surface area (Å²) in [5, 5.41) is 9.82. The number of phenolic OH excluding ortho intramolecular Hbond substituents is 1. The van der Waals surface area contributed by atoms with E-state index in [0.29, 0.717) is 25.2 Å². The normalized spacial score (nSPS) is 10.4. The fraction of sp³-hybridized carbons (Fsp3) is 0.235. The van der Waals surface area contributed by atoms with E-state index < -0.39 is 0 Å². The van der Waals surface area contributed by atoms with Crippen LogP contribution in [-0.4, -0.2) is 22.5 Å². The molecule has 1 amide bonds. The molecule has 110 valence electrons. The lowest BCUT2D eigenvalue weighted by Crippen LogP contribution is -2.30. The van der Waals surface area contributed by atoms with Gasteiger partial charge in [-0.05, 0) is 30.2 Å². The summed E-state index contributed by atoms with van der Waals surface area (Å²) in [5.74, 6) is -0.171. The monoisotopic (exact) mass is 284 g/mol. The summed E-state index contributed by atoms with van der Waals surface area (Å²) >= 11 is 0. The molecule has 0 aliphatic carbocycles. The van der Waals surface area contributed by atoms with E-state index in [1.54, 1.807) is 23.1 Å². The number of phenols is 1. The van der Waals surface area contributed by atoms with Crippen LogP contribution < -0.4 is 5.73 Å². The number of aromatic hydroxyl groups is 1. The van der Waals surface area contributed by atoms with Gasteiger partial charge in [-0.1, -0.05) is 36.4 Å². The maximum absolute atomic E-state index is 12.5. The fourth-order valence-electron chi connectivity index (χ4n) is 2.27. The molecule has 3 N–H and O–H groups in total. The highest BCUT2D eigenvalue weighted by atomic mass is 16.3. The van der Waals surface area contributed by atoms with Crippen LogP contribution in [0.3, 0.4) is 0 Å². The molecule has 4 heteroatoms. The van der Waals surface area contributed by atoms with E-state index in [9.17, 15) is 9.90 Å². The zero-order valence-electron chi connectivity index (χ0n) is 12.1. The standard InChI is InChI=1S/C17H20N2O2/c1-2-19(12-14-8-4-3-7-13(14)11-18)17(21)15-9-5-6-10-16(15)20/h3-10,20H,2,11-12,18H2,1H3. The van der Waals surface area contributed by atoms with Gasteiger partial charge in [-0.25, -0.2) is 0 Å². The highest BCUT2D eigenvalue weighted by molar-refractivity contribution is 5.96. The third-order valence-electron chi connectivity index (χ3n) is 3.50. The van der Waals surface area contributed by atoms with Gasteiger partial charge in [0.2, 0.25) is 0 Å². The van der Waals surface area contributed by atoms with E-state index in [0.717, 1.165) is 11.1 Å². The number of benzene rings is 2. The molecule has 21 heavy (non-hydrogen) atoms. The second kappa shape index (κ2) is 6.90. The maximum atomic E-state index is 12.5. The molecule has 2 rings (SSSR count). The molecule has 0 fully saturated rings. The molecule has 2 aromatic rings. The predicted octanol–water partition coefficient (Wildman–Crippen LogP) is 2.51. The summed E-state index contributed by atoms with van der Waals surface area (Å²) < 4.78 is 0. The summed E-state index contributed by atoms with van der Waals surface area (Å²) in [6, 6.07) is 14.4. The van der Waals surface area contributed by atoms with Crippen molar-refractivity contribution in [1.82, 2.24) is 4.90 Å². The highest BCUT2D eigenvalue weighted by Crippen LogP contribution is 2.20. The van der Waals surface area contributed by atoms with Gasteiger partial charge >= 0.3 is 0 Å². The molecule has 0 atom stereocenters. The number of carbonyl (C=O) groups is 1. The summed E-state index contributed by atoms with van der Waals surface area (Å²) in [5.41, 5.74) is 8.12. The number of nitrogens with zero attached hydrogens (tertiary/aromatic N) is 1. The van der Waals surface area contributed by atoms with Crippen LogP contribution in [0.25, 0.3) is 0 Å². The molecule has 0 saturated heterocycles. The molecule has 0 heterocycles. The van der Waals surface area contributed by atoms with E-state index in [2.05, 4.69) is 0 Å². The van der Waals surface area contributed by atoms with Crippen LogP contribution in [0.1, 0.15) is 28.4 Å². The van der Waals surface area contributed by atoms with Crippen LogP contribution in [-0.2, 0) is 13.1 Å². The van der Waals surface area contributed by atoms with Crippen molar-refractivity contribution in [3.05, 3.63) is 65.2 Å². The number of amides is 1. The van der Waals surface area contributed by atoms with Gasteiger partial charge in [0, 0.05) is 19.6 Å². The number of rotatable bonds is 5.